The summed E-state index contributed by atoms with van der Waals surface area (Å²) in [5, 5.41) is 0. The summed E-state index contributed by atoms with van der Waals surface area (Å²) in [6.45, 7) is 0.532. The number of hydrogen-bond donors (Lipinski definition) is 0. The van der Waals surface area contributed by atoms with Crippen LogP contribution in [0.5, 0.6) is 11.5 Å². The smallest absolute Gasteiger partial charge is 0.125 e. The van der Waals surface area contributed by atoms with Crippen LogP contribution in [0.4, 0.5) is 0 Å². The minimum absolute atomic E-state index is 0. The number of methoxy groups -OCH3 is 3. The molecule has 0 heterocycles. The Morgan fingerprint density at radius 1 is 1.21 bits per heavy atom. The molecule has 1 aromatic rings. The number of ether oxygens (including phenoxy) is 3. The standard InChI is InChI=1S/C14H19O4.Y/c1-16-10-11(6-7-15)8-12-4-5-13(17-2)9-14(12)18-3;/h4-5,9,11H,6,8,10H2,1-3H3;/q-1;. The van der Waals surface area contributed by atoms with E-state index in [0.29, 0.717) is 13.0 Å². The van der Waals surface area contributed by atoms with E-state index >= 15 is 0 Å². The number of carbonyl (C=O) groups excluding carboxylic acids is 1. The molecule has 1 radical (unpaired) electrons. The molecule has 0 saturated heterocycles. The Hall–Kier alpha value is -0.446. The molecule has 0 aromatic heterocycles. The van der Waals surface area contributed by atoms with E-state index in [2.05, 4.69) is 0 Å². The first-order valence-electron chi connectivity index (χ1n) is 5.80. The molecular weight excluding hydrogens is 321 g/mol. The third-order valence-electron chi connectivity index (χ3n) is 2.78. The average Bonchev–Trinajstić information content (AvgIpc) is 2.39. The van der Waals surface area contributed by atoms with Gasteiger partial charge in [-0.05, 0) is 24.0 Å². The van der Waals surface area contributed by atoms with E-state index in [4.69, 9.17) is 14.2 Å². The second-order valence-electron chi connectivity index (χ2n) is 4.05. The molecule has 19 heavy (non-hydrogen) atoms. The quantitative estimate of drug-likeness (QED) is 0.679. The van der Waals surface area contributed by atoms with Gasteiger partial charge in [-0.25, -0.2) is 0 Å². The maximum Gasteiger partial charge on any atom is 0.125 e. The summed E-state index contributed by atoms with van der Waals surface area (Å²) in [6, 6.07) is 5.67. The second kappa shape index (κ2) is 10.4. The van der Waals surface area contributed by atoms with E-state index in [1.807, 2.05) is 24.5 Å². The van der Waals surface area contributed by atoms with Gasteiger partial charge in [0.1, 0.15) is 11.5 Å². The van der Waals surface area contributed by atoms with Crippen molar-refractivity contribution in [1.29, 1.82) is 0 Å². The van der Waals surface area contributed by atoms with Crippen LogP contribution in [-0.2, 0) is 48.7 Å². The van der Waals surface area contributed by atoms with Gasteiger partial charge in [0.2, 0.25) is 0 Å². The SMILES string of the molecule is COCC(C[C-]=O)Cc1ccc(OC)cc1OC.[Y]. The number of hydrogen-bond acceptors (Lipinski definition) is 4. The molecular formula is C14H19O4Y-. The van der Waals surface area contributed by atoms with Crippen LogP contribution in [0.25, 0.3) is 0 Å². The molecule has 4 nitrogen and oxygen atoms in total. The third-order valence-corrected chi connectivity index (χ3v) is 2.78. The van der Waals surface area contributed by atoms with Crippen molar-refractivity contribution in [2.45, 2.75) is 12.8 Å². The molecule has 0 aliphatic heterocycles. The molecule has 0 N–H and O–H groups in total. The maximum absolute atomic E-state index is 10.5. The van der Waals surface area contributed by atoms with Gasteiger partial charge in [0.25, 0.3) is 0 Å². The van der Waals surface area contributed by atoms with Crippen molar-refractivity contribution >= 4 is 6.29 Å². The van der Waals surface area contributed by atoms with Crippen molar-refractivity contribution in [2.24, 2.45) is 5.92 Å². The first-order chi connectivity index (χ1) is 8.74. The number of rotatable bonds is 8. The predicted molar refractivity (Wildman–Crippen MR) is 68.9 cm³/mol. The van der Waals surface area contributed by atoms with E-state index in [9.17, 15) is 4.79 Å². The molecule has 0 spiro atoms. The monoisotopic (exact) mass is 340 g/mol. The minimum atomic E-state index is 0. The minimum Gasteiger partial charge on any atom is -0.542 e. The summed E-state index contributed by atoms with van der Waals surface area (Å²) < 4.78 is 15.6. The van der Waals surface area contributed by atoms with Crippen LogP contribution in [0.3, 0.4) is 0 Å². The van der Waals surface area contributed by atoms with Crippen molar-refractivity contribution < 1.29 is 51.7 Å². The van der Waals surface area contributed by atoms with E-state index in [0.717, 1.165) is 23.5 Å². The van der Waals surface area contributed by atoms with E-state index in [1.165, 1.54) is 0 Å². The van der Waals surface area contributed by atoms with Crippen LogP contribution in [-0.4, -0.2) is 34.2 Å². The van der Waals surface area contributed by atoms with Crippen molar-refractivity contribution in [3.63, 3.8) is 0 Å². The van der Waals surface area contributed by atoms with Gasteiger partial charge >= 0.3 is 0 Å². The van der Waals surface area contributed by atoms with Crippen LogP contribution < -0.4 is 9.47 Å². The van der Waals surface area contributed by atoms with Crippen molar-refractivity contribution in [3.8, 4) is 11.5 Å². The third kappa shape index (κ3) is 6.02. The van der Waals surface area contributed by atoms with Crippen LogP contribution >= 0.6 is 0 Å². The zero-order valence-corrected chi connectivity index (χ0v) is 14.5. The van der Waals surface area contributed by atoms with Gasteiger partial charge in [0.15, 0.2) is 0 Å². The molecule has 1 rings (SSSR count). The zero-order chi connectivity index (χ0) is 13.4. The fraction of sp³-hybridized carbons (Fsp3) is 0.500. The molecule has 1 unspecified atom stereocenters. The van der Waals surface area contributed by atoms with Crippen LogP contribution in [0.2, 0.25) is 0 Å². The van der Waals surface area contributed by atoms with Crippen molar-refractivity contribution in [1.82, 2.24) is 0 Å². The summed E-state index contributed by atoms with van der Waals surface area (Å²) in [5.74, 6) is 1.64. The Morgan fingerprint density at radius 2 is 1.95 bits per heavy atom. The van der Waals surface area contributed by atoms with E-state index in [1.54, 1.807) is 21.3 Å². The van der Waals surface area contributed by atoms with Gasteiger partial charge in [0.05, 0.1) is 14.2 Å². The van der Waals surface area contributed by atoms with Gasteiger partial charge in [-0.2, -0.15) is 0 Å². The molecule has 0 amide bonds. The second-order valence-corrected chi connectivity index (χ2v) is 4.05. The summed E-state index contributed by atoms with van der Waals surface area (Å²) in [7, 11) is 4.86. The van der Waals surface area contributed by atoms with Gasteiger partial charge in [0, 0.05) is 52.5 Å². The molecule has 0 bridgehead atoms. The topological polar surface area (TPSA) is 44.8 Å². The molecule has 1 atom stereocenters. The van der Waals surface area contributed by atoms with Gasteiger partial charge in [-0.15, -0.1) is 6.42 Å². The first kappa shape index (κ1) is 18.6. The summed E-state index contributed by atoms with van der Waals surface area (Å²) in [4.78, 5) is 10.5. The molecule has 0 aliphatic rings. The molecule has 5 heteroatoms. The maximum atomic E-state index is 10.5. The van der Waals surface area contributed by atoms with Crippen molar-refractivity contribution in [2.75, 3.05) is 27.9 Å². The summed E-state index contributed by atoms with van der Waals surface area (Å²) >= 11 is 0. The van der Waals surface area contributed by atoms with Gasteiger partial charge < -0.3 is 19.0 Å². The number of benzene rings is 1. The Kier molecular flexibility index (Phi) is 10.1. The Labute approximate surface area is 139 Å². The predicted octanol–water partition coefficient (Wildman–Crippen LogP) is 2.01. The first-order valence-corrected chi connectivity index (χ1v) is 5.80. The van der Waals surface area contributed by atoms with Gasteiger partial charge in [-0.3, -0.25) is 6.29 Å². The molecule has 0 aliphatic carbocycles. The van der Waals surface area contributed by atoms with Crippen molar-refractivity contribution in [3.05, 3.63) is 23.8 Å². The Bertz CT molecular complexity index is 382. The van der Waals surface area contributed by atoms with Crippen LogP contribution in [0.1, 0.15) is 12.0 Å². The van der Waals surface area contributed by atoms with E-state index < -0.39 is 0 Å². The average molecular weight is 340 g/mol. The van der Waals surface area contributed by atoms with Crippen LogP contribution in [0.15, 0.2) is 18.2 Å². The van der Waals surface area contributed by atoms with E-state index in [-0.39, 0.29) is 38.6 Å². The Balaban J connectivity index is 0.00000324. The summed E-state index contributed by atoms with van der Waals surface area (Å²) in [5.41, 5.74) is 1.04. The molecule has 0 fully saturated rings. The fourth-order valence-corrected chi connectivity index (χ4v) is 1.88. The molecule has 0 saturated carbocycles. The van der Waals surface area contributed by atoms with Crippen LogP contribution in [0, 0.1) is 5.92 Å². The summed E-state index contributed by atoms with van der Waals surface area (Å²) in [6.07, 6.45) is 3.02. The molecule has 103 valence electrons. The molecule has 1 aromatic carbocycles. The normalized spacial score (nSPS) is 11.3. The fourth-order valence-electron chi connectivity index (χ4n) is 1.88. The largest absolute Gasteiger partial charge is 0.542 e. The zero-order valence-electron chi connectivity index (χ0n) is 11.6. The van der Waals surface area contributed by atoms with Gasteiger partial charge in [-0.1, -0.05) is 6.07 Å². The Morgan fingerprint density at radius 3 is 2.47 bits per heavy atom.